The molecule has 1 saturated heterocycles. The van der Waals surface area contributed by atoms with Crippen LogP contribution >= 0.6 is 0 Å². The lowest BCUT2D eigenvalue weighted by atomic mass is 9.93. The summed E-state index contributed by atoms with van der Waals surface area (Å²) in [4.78, 5) is 29.8. The molecule has 3 aromatic rings. The molecule has 1 aliphatic heterocycles. The smallest absolute Gasteiger partial charge is 0.300 e. The number of hydrogen-bond acceptors (Lipinski definition) is 4. The number of benzene rings is 3. The second kappa shape index (κ2) is 9.14. The fourth-order valence-corrected chi connectivity index (χ4v) is 4.15. The highest BCUT2D eigenvalue weighted by molar-refractivity contribution is 6.51. The first-order valence-electron chi connectivity index (χ1n) is 11.1. The van der Waals surface area contributed by atoms with Crippen molar-refractivity contribution in [3.63, 3.8) is 0 Å². The number of ketones is 1. The molecule has 1 amide bonds. The molecule has 0 saturated carbocycles. The molecule has 1 atom stereocenters. The van der Waals surface area contributed by atoms with Gasteiger partial charge < -0.3 is 10.0 Å². The molecule has 3 aromatic carbocycles. The van der Waals surface area contributed by atoms with Gasteiger partial charge in [0, 0.05) is 31.0 Å². The quantitative estimate of drug-likeness (QED) is 0.305. The van der Waals surface area contributed by atoms with Crippen molar-refractivity contribution in [1.29, 1.82) is 0 Å². The number of carbonyl (C=O) groups excluding carboxylic acids is 2. The third kappa shape index (κ3) is 4.19. The van der Waals surface area contributed by atoms with Crippen LogP contribution in [0.1, 0.15) is 42.5 Å². The summed E-state index contributed by atoms with van der Waals surface area (Å²) < 4.78 is 13.5. The van der Waals surface area contributed by atoms with Crippen LogP contribution in [0.5, 0.6) is 0 Å². The molecule has 0 aromatic heterocycles. The average Bonchev–Trinajstić information content (AvgIpc) is 3.09. The highest BCUT2D eigenvalue weighted by atomic mass is 19.1. The van der Waals surface area contributed by atoms with Crippen molar-refractivity contribution in [2.45, 2.75) is 25.8 Å². The predicted octanol–water partition coefficient (Wildman–Crippen LogP) is 5.64. The van der Waals surface area contributed by atoms with Gasteiger partial charge in [-0.2, -0.15) is 0 Å². The van der Waals surface area contributed by atoms with Gasteiger partial charge in [-0.1, -0.05) is 38.1 Å². The SMILES string of the molecule is CC(C)c1ccc(C2/C(=C(\O)c3ccc(F)cc3)C(=O)C(=O)N2c2ccc(N(C)C)cc2)cc1. The molecule has 5 nitrogen and oxygen atoms in total. The van der Waals surface area contributed by atoms with Crippen molar-refractivity contribution in [1.82, 2.24) is 0 Å². The Balaban J connectivity index is 1.89. The van der Waals surface area contributed by atoms with Crippen molar-refractivity contribution in [3.05, 3.63) is 101 Å². The number of Topliss-reactive ketones (excluding diaryl/α,β-unsaturated/α-hetero) is 1. The number of aliphatic hydroxyl groups excluding tert-OH is 1. The van der Waals surface area contributed by atoms with Gasteiger partial charge in [0.25, 0.3) is 11.7 Å². The Morgan fingerprint density at radius 3 is 2.03 bits per heavy atom. The van der Waals surface area contributed by atoms with Crippen LogP contribution in [0, 0.1) is 5.82 Å². The Morgan fingerprint density at radius 1 is 0.912 bits per heavy atom. The van der Waals surface area contributed by atoms with E-state index in [9.17, 15) is 19.1 Å². The van der Waals surface area contributed by atoms with E-state index in [1.807, 2.05) is 55.4 Å². The first kappa shape index (κ1) is 23.2. The molecule has 0 aliphatic carbocycles. The zero-order chi connectivity index (χ0) is 24.6. The normalized spacial score (nSPS) is 17.5. The number of hydrogen-bond donors (Lipinski definition) is 1. The number of halogens is 1. The minimum Gasteiger partial charge on any atom is -0.507 e. The van der Waals surface area contributed by atoms with E-state index in [-0.39, 0.29) is 16.9 Å². The molecule has 4 rings (SSSR count). The van der Waals surface area contributed by atoms with E-state index in [0.717, 1.165) is 11.3 Å². The molecule has 1 N–H and O–H groups in total. The van der Waals surface area contributed by atoms with Crippen molar-refractivity contribution in [3.8, 4) is 0 Å². The molecule has 174 valence electrons. The van der Waals surface area contributed by atoms with Crippen LogP contribution in [-0.2, 0) is 9.59 Å². The molecule has 1 unspecified atom stereocenters. The zero-order valence-corrected chi connectivity index (χ0v) is 19.6. The average molecular weight is 459 g/mol. The fourth-order valence-electron chi connectivity index (χ4n) is 4.15. The second-order valence-electron chi connectivity index (χ2n) is 8.91. The van der Waals surface area contributed by atoms with Gasteiger partial charge in [-0.15, -0.1) is 0 Å². The maximum absolute atomic E-state index is 13.5. The van der Waals surface area contributed by atoms with Gasteiger partial charge in [-0.25, -0.2) is 4.39 Å². The van der Waals surface area contributed by atoms with Crippen LogP contribution in [0.15, 0.2) is 78.4 Å². The Labute approximate surface area is 198 Å². The van der Waals surface area contributed by atoms with E-state index >= 15 is 0 Å². The van der Waals surface area contributed by atoms with Crippen LogP contribution in [-0.4, -0.2) is 30.9 Å². The highest BCUT2D eigenvalue weighted by Crippen LogP contribution is 2.42. The standard InChI is InChI=1S/C28H27FN2O3/c1-17(2)18-5-7-19(8-6-18)25-24(26(32)20-9-11-21(29)12-10-20)27(33)28(34)31(25)23-15-13-22(14-16-23)30(3)4/h5-17,25,32H,1-4H3/b26-24+. The largest absolute Gasteiger partial charge is 0.507 e. The lowest BCUT2D eigenvalue weighted by molar-refractivity contribution is -0.132. The van der Waals surface area contributed by atoms with Crippen molar-refractivity contribution in [2.75, 3.05) is 23.9 Å². The molecule has 0 radical (unpaired) electrons. The van der Waals surface area contributed by atoms with Gasteiger partial charge in [0.1, 0.15) is 11.6 Å². The van der Waals surface area contributed by atoms with Crippen LogP contribution in [0.4, 0.5) is 15.8 Å². The number of aliphatic hydroxyl groups is 1. The summed E-state index contributed by atoms with van der Waals surface area (Å²) in [6.45, 7) is 4.17. The summed E-state index contributed by atoms with van der Waals surface area (Å²) in [5.74, 6) is -1.98. The summed E-state index contributed by atoms with van der Waals surface area (Å²) >= 11 is 0. The van der Waals surface area contributed by atoms with Crippen molar-refractivity contribution in [2.24, 2.45) is 0 Å². The Kier molecular flexibility index (Phi) is 6.24. The van der Waals surface area contributed by atoms with E-state index in [2.05, 4.69) is 13.8 Å². The molecule has 1 aliphatic rings. The van der Waals surface area contributed by atoms with E-state index in [1.54, 1.807) is 12.1 Å². The second-order valence-corrected chi connectivity index (χ2v) is 8.91. The van der Waals surface area contributed by atoms with Crippen molar-refractivity contribution < 1.29 is 19.1 Å². The molecule has 0 spiro atoms. The number of amides is 1. The molecule has 1 fully saturated rings. The van der Waals surface area contributed by atoms with E-state index in [4.69, 9.17) is 0 Å². The summed E-state index contributed by atoms with van der Waals surface area (Å²) in [7, 11) is 3.83. The van der Waals surface area contributed by atoms with Crippen LogP contribution in [0.25, 0.3) is 5.76 Å². The first-order chi connectivity index (χ1) is 16.2. The number of anilines is 2. The van der Waals surface area contributed by atoms with Gasteiger partial charge in [-0.3, -0.25) is 14.5 Å². The van der Waals surface area contributed by atoms with Crippen LogP contribution in [0.3, 0.4) is 0 Å². The third-order valence-corrected chi connectivity index (χ3v) is 6.13. The van der Waals surface area contributed by atoms with Gasteiger partial charge in [0.15, 0.2) is 0 Å². The van der Waals surface area contributed by atoms with E-state index in [1.165, 1.54) is 29.2 Å². The highest BCUT2D eigenvalue weighted by Gasteiger charge is 2.47. The summed E-state index contributed by atoms with van der Waals surface area (Å²) in [5, 5.41) is 11.1. The third-order valence-electron chi connectivity index (χ3n) is 6.13. The van der Waals surface area contributed by atoms with Gasteiger partial charge in [0.05, 0.1) is 11.6 Å². The van der Waals surface area contributed by atoms with E-state index in [0.29, 0.717) is 17.2 Å². The van der Waals surface area contributed by atoms with E-state index < -0.39 is 23.5 Å². The minimum atomic E-state index is -0.823. The van der Waals surface area contributed by atoms with Crippen LogP contribution in [0.2, 0.25) is 0 Å². The topological polar surface area (TPSA) is 60.9 Å². The monoisotopic (exact) mass is 458 g/mol. The lowest BCUT2D eigenvalue weighted by Crippen LogP contribution is -2.29. The summed E-state index contributed by atoms with van der Waals surface area (Å²) in [5.41, 5.74) is 3.56. The minimum absolute atomic E-state index is 0.0226. The van der Waals surface area contributed by atoms with Gasteiger partial charge in [0.2, 0.25) is 0 Å². The fraction of sp³-hybridized carbons (Fsp3) is 0.214. The Hall–Kier alpha value is -3.93. The Morgan fingerprint density at radius 2 is 1.50 bits per heavy atom. The Bertz CT molecular complexity index is 1240. The molecule has 34 heavy (non-hydrogen) atoms. The van der Waals surface area contributed by atoms with Gasteiger partial charge in [-0.05, 0) is 65.6 Å². The van der Waals surface area contributed by atoms with Gasteiger partial charge >= 0.3 is 0 Å². The lowest BCUT2D eigenvalue weighted by Gasteiger charge is -2.26. The summed E-state index contributed by atoms with van der Waals surface area (Å²) in [6, 6.07) is 19.4. The molecule has 6 heteroatoms. The van der Waals surface area contributed by atoms with Crippen molar-refractivity contribution >= 4 is 28.8 Å². The number of nitrogens with zero attached hydrogens (tertiary/aromatic N) is 2. The van der Waals surface area contributed by atoms with Crippen LogP contribution < -0.4 is 9.80 Å². The maximum atomic E-state index is 13.5. The molecular formula is C28H27FN2O3. The zero-order valence-electron chi connectivity index (χ0n) is 19.6. The first-order valence-corrected chi connectivity index (χ1v) is 11.1. The number of carbonyl (C=O) groups is 2. The molecule has 0 bridgehead atoms. The molecular weight excluding hydrogens is 431 g/mol. The number of rotatable bonds is 5. The molecule has 1 heterocycles. The predicted molar refractivity (Wildman–Crippen MR) is 132 cm³/mol. The maximum Gasteiger partial charge on any atom is 0.300 e. The summed E-state index contributed by atoms with van der Waals surface area (Å²) in [6.07, 6.45) is 0.